The van der Waals surface area contributed by atoms with Gasteiger partial charge in [0.25, 0.3) is 5.91 Å². The molecule has 3 aromatic rings. The fourth-order valence-electron chi connectivity index (χ4n) is 4.09. The minimum Gasteiger partial charge on any atom is -0.491 e. The first-order chi connectivity index (χ1) is 14.2. The van der Waals surface area contributed by atoms with Crippen molar-refractivity contribution in [3.63, 3.8) is 0 Å². The van der Waals surface area contributed by atoms with E-state index in [1.807, 2.05) is 13.8 Å². The van der Waals surface area contributed by atoms with Gasteiger partial charge in [-0.2, -0.15) is 0 Å². The van der Waals surface area contributed by atoms with Crippen molar-refractivity contribution in [2.75, 3.05) is 18.9 Å². The van der Waals surface area contributed by atoms with Crippen LogP contribution in [0.2, 0.25) is 0 Å². The summed E-state index contributed by atoms with van der Waals surface area (Å²) in [5, 5.41) is 19.1. The van der Waals surface area contributed by atoms with Gasteiger partial charge in [-0.3, -0.25) is 9.59 Å². The summed E-state index contributed by atoms with van der Waals surface area (Å²) in [6.07, 6.45) is -0.992. The lowest BCUT2D eigenvalue weighted by Crippen LogP contribution is -2.30. The second kappa shape index (κ2) is 6.86. The number of nitrogens with one attached hydrogen (secondary N) is 1. The minimum absolute atomic E-state index is 0.0669. The lowest BCUT2D eigenvalue weighted by molar-refractivity contribution is 0.0535. The normalized spacial score (nSPS) is 15.5. The number of rotatable bonds is 5. The van der Waals surface area contributed by atoms with E-state index in [0.717, 1.165) is 5.56 Å². The molecule has 0 unspecified atom stereocenters. The molecule has 30 heavy (non-hydrogen) atoms. The number of nitrogen functional groups attached to an aromatic ring is 1. The smallest absolute Gasteiger partial charge is 0.252 e. The molecule has 0 saturated carbocycles. The second-order valence-electron chi connectivity index (χ2n) is 8.00. The van der Waals surface area contributed by atoms with Gasteiger partial charge in [0.05, 0.1) is 23.3 Å². The summed E-state index contributed by atoms with van der Waals surface area (Å²) < 4.78 is 5.56. The van der Waals surface area contributed by atoms with E-state index in [0.29, 0.717) is 33.5 Å². The van der Waals surface area contributed by atoms with Gasteiger partial charge in [-0.25, -0.2) is 0 Å². The third-order valence-corrected chi connectivity index (χ3v) is 5.67. The van der Waals surface area contributed by atoms with Crippen LogP contribution in [0.3, 0.4) is 0 Å². The zero-order valence-corrected chi connectivity index (χ0v) is 16.7. The number of nitrogens with two attached hydrogens (primary N) is 2. The number of carbonyl (C=O) groups is 2. The van der Waals surface area contributed by atoms with Crippen LogP contribution in [0.1, 0.15) is 51.4 Å². The Bertz CT molecular complexity index is 1200. The molecule has 1 aromatic heterocycles. The number of aliphatic hydroxyl groups is 2. The van der Waals surface area contributed by atoms with E-state index >= 15 is 0 Å². The molecular formula is C22H23N3O5. The maximum Gasteiger partial charge on any atom is 0.252 e. The summed E-state index contributed by atoms with van der Waals surface area (Å²) in [4.78, 5) is 28.6. The Balaban J connectivity index is 1.89. The summed E-state index contributed by atoms with van der Waals surface area (Å²) >= 11 is 0. The Labute approximate surface area is 172 Å². The molecule has 7 N–H and O–H groups in total. The number of H-pyrrole nitrogens is 1. The molecule has 1 amide bonds. The summed E-state index contributed by atoms with van der Waals surface area (Å²) in [5.41, 5.74) is 14.2. The molecule has 1 heterocycles. The third kappa shape index (κ3) is 2.84. The topological polar surface area (TPSA) is 152 Å². The highest BCUT2D eigenvalue weighted by Gasteiger charge is 2.40. The van der Waals surface area contributed by atoms with Gasteiger partial charge in [-0.15, -0.1) is 0 Å². The monoisotopic (exact) mass is 409 g/mol. The molecule has 8 nitrogen and oxygen atoms in total. The number of benzene rings is 2. The number of aromatic nitrogens is 1. The molecular weight excluding hydrogens is 386 g/mol. The first-order valence-corrected chi connectivity index (χ1v) is 9.52. The zero-order chi connectivity index (χ0) is 21.8. The summed E-state index contributed by atoms with van der Waals surface area (Å²) in [6, 6.07) is 8.40. The number of amides is 1. The molecule has 0 spiro atoms. The SMILES string of the molecule is CC1(C)c2cc(OC[C@H](O)CO)ccc2C(=O)c2c1[nH]c1c(C(N)=O)c(N)ccc21. The Morgan fingerprint density at radius 3 is 2.67 bits per heavy atom. The van der Waals surface area contributed by atoms with E-state index in [2.05, 4.69) is 4.98 Å². The molecule has 156 valence electrons. The van der Waals surface area contributed by atoms with Crippen LogP contribution in [0.15, 0.2) is 30.3 Å². The number of fused-ring (bicyclic) bond motifs is 4. The summed E-state index contributed by atoms with van der Waals surface area (Å²) in [7, 11) is 0. The Hall–Kier alpha value is -3.36. The fourth-order valence-corrected chi connectivity index (χ4v) is 4.09. The van der Waals surface area contributed by atoms with Crippen LogP contribution in [-0.2, 0) is 5.41 Å². The van der Waals surface area contributed by atoms with Crippen LogP contribution in [0.5, 0.6) is 5.75 Å². The maximum atomic E-state index is 13.4. The van der Waals surface area contributed by atoms with E-state index in [4.69, 9.17) is 21.3 Å². The molecule has 0 fully saturated rings. The van der Waals surface area contributed by atoms with Gasteiger partial charge in [-0.1, -0.05) is 13.8 Å². The highest BCUT2D eigenvalue weighted by Crippen LogP contribution is 2.45. The number of anilines is 1. The van der Waals surface area contributed by atoms with E-state index in [1.165, 1.54) is 0 Å². The molecule has 8 heteroatoms. The van der Waals surface area contributed by atoms with Crippen molar-refractivity contribution in [3.05, 3.63) is 58.3 Å². The first-order valence-electron chi connectivity index (χ1n) is 9.52. The fraction of sp³-hybridized carbons (Fsp3) is 0.273. The molecule has 1 aliphatic rings. The quantitative estimate of drug-likeness (QED) is 0.402. The van der Waals surface area contributed by atoms with Gasteiger partial charge in [0.2, 0.25) is 0 Å². The molecule has 1 aliphatic carbocycles. The van der Waals surface area contributed by atoms with E-state index in [9.17, 15) is 14.7 Å². The van der Waals surface area contributed by atoms with E-state index in [1.54, 1.807) is 30.3 Å². The van der Waals surface area contributed by atoms with Crippen molar-refractivity contribution in [3.8, 4) is 5.75 Å². The number of ether oxygens (including phenoxy) is 1. The van der Waals surface area contributed by atoms with Crippen LogP contribution < -0.4 is 16.2 Å². The predicted octanol–water partition coefficient (Wildman–Crippen LogP) is 1.45. The van der Waals surface area contributed by atoms with Crippen molar-refractivity contribution in [1.82, 2.24) is 4.98 Å². The van der Waals surface area contributed by atoms with E-state index in [-0.39, 0.29) is 23.6 Å². The van der Waals surface area contributed by atoms with Crippen molar-refractivity contribution < 1.29 is 24.5 Å². The molecule has 0 aliphatic heterocycles. The number of hydrogen-bond acceptors (Lipinski definition) is 6. The van der Waals surface area contributed by atoms with Crippen molar-refractivity contribution in [1.29, 1.82) is 0 Å². The number of hydrogen-bond donors (Lipinski definition) is 5. The van der Waals surface area contributed by atoms with Gasteiger partial charge in [0.1, 0.15) is 18.5 Å². The van der Waals surface area contributed by atoms with Crippen LogP contribution in [0.4, 0.5) is 5.69 Å². The van der Waals surface area contributed by atoms with Crippen LogP contribution >= 0.6 is 0 Å². The average molecular weight is 409 g/mol. The van der Waals surface area contributed by atoms with Gasteiger partial charge in [-0.05, 0) is 35.9 Å². The number of primary amides is 1. The highest BCUT2D eigenvalue weighted by molar-refractivity contribution is 6.22. The molecule has 0 radical (unpaired) electrons. The van der Waals surface area contributed by atoms with Gasteiger partial charge >= 0.3 is 0 Å². The number of aliphatic hydroxyl groups excluding tert-OH is 2. The molecule has 4 rings (SSSR count). The van der Waals surface area contributed by atoms with Gasteiger partial charge in [0.15, 0.2) is 5.78 Å². The molecule has 0 saturated heterocycles. The van der Waals surface area contributed by atoms with Crippen LogP contribution in [-0.4, -0.2) is 46.2 Å². The molecule has 2 aromatic carbocycles. The lowest BCUT2D eigenvalue weighted by atomic mass is 9.71. The average Bonchev–Trinajstić information content (AvgIpc) is 3.10. The molecule has 0 bridgehead atoms. The highest BCUT2D eigenvalue weighted by atomic mass is 16.5. The maximum absolute atomic E-state index is 13.4. The van der Waals surface area contributed by atoms with Crippen LogP contribution in [0, 0.1) is 0 Å². The predicted molar refractivity (Wildman–Crippen MR) is 112 cm³/mol. The largest absolute Gasteiger partial charge is 0.491 e. The Morgan fingerprint density at radius 2 is 2.00 bits per heavy atom. The Kier molecular flexibility index (Phi) is 4.56. The van der Waals surface area contributed by atoms with Gasteiger partial charge < -0.3 is 31.4 Å². The number of ketones is 1. The third-order valence-electron chi connectivity index (χ3n) is 5.67. The number of carbonyl (C=O) groups excluding carboxylic acids is 2. The van der Waals surface area contributed by atoms with Crippen molar-refractivity contribution in [2.24, 2.45) is 5.73 Å². The Morgan fingerprint density at radius 1 is 1.27 bits per heavy atom. The van der Waals surface area contributed by atoms with Gasteiger partial charge in [0, 0.05) is 27.7 Å². The second-order valence-corrected chi connectivity index (χ2v) is 8.00. The zero-order valence-electron chi connectivity index (χ0n) is 16.7. The van der Waals surface area contributed by atoms with Crippen molar-refractivity contribution >= 4 is 28.3 Å². The minimum atomic E-state index is -0.992. The molecule has 1 atom stereocenters. The number of aromatic amines is 1. The van der Waals surface area contributed by atoms with E-state index < -0.39 is 24.0 Å². The standard InChI is InChI=1S/C22H23N3O5/c1-22(2)14-7-11(30-9-10(27)8-26)3-4-12(14)19(28)16-13-5-6-15(23)17(21(24)29)18(13)25-20(16)22/h3-7,10,25-27H,8-9,23H2,1-2H3,(H2,24,29)/t10-/m1/s1. The van der Waals surface area contributed by atoms with Crippen LogP contribution in [0.25, 0.3) is 10.9 Å². The summed E-state index contributed by atoms with van der Waals surface area (Å²) in [6.45, 7) is 3.46. The summed E-state index contributed by atoms with van der Waals surface area (Å²) in [5.74, 6) is -0.367. The first kappa shape index (κ1) is 19.9. The lowest BCUT2D eigenvalue weighted by Gasteiger charge is -2.32. The van der Waals surface area contributed by atoms with Crippen molar-refractivity contribution in [2.45, 2.75) is 25.4 Å².